The number of rotatable bonds is 6. The highest BCUT2D eigenvalue weighted by molar-refractivity contribution is 7.16. The van der Waals surface area contributed by atoms with Crippen molar-refractivity contribution in [2.45, 2.75) is 32.7 Å². The molecule has 2 atom stereocenters. The van der Waals surface area contributed by atoms with Gasteiger partial charge in [-0.1, -0.05) is 31.9 Å². The van der Waals surface area contributed by atoms with Crippen LogP contribution in [-0.2, 0) is 11.2 Å². The Balaban J connectivity index is 2.29. The zero-order chi connectivity index (χ0) is 12.8. The first-order valence-electron chi connectivity index (χ1n) is 5.82. The summed E-state index contributed by atoms with van der Waals surface area (Å²) in [6.45, 7) is 4.63. The Bertz CT molecular complexity index is 367. The van der Waals surface area contributed by atoms with Crippen LogP contribution in [0.1, 0.15) is 25.1 Å². The van der Waals surface area contributed by atoms with Gasteiger partial charge in [-0.25, -0.2) is 0 Å². The number of nitrogens with two attached hydrogens (primary N) is 1. The van der Waals surface area contributed by atoms with Gasteiger partial charge in [-0.2, -0.15) is 0 Å². The summed E-state index contributed by atoms with van der Waals surface area (Å²) in [6.07, 6.45) is 1.71. The smallest absolute Gasteiger partial charge is 0.237 e. The molecule has 96 valence electrons. The molecule has 0 aliphatic heterocycles. The van der Waals surface area contributed by atoms with E-state index in [9.17, 15) is 4.79 Å². The van der Waals surface area contributed by atoms with Gasteiger partial charge in [-0.3, -0.25) is 4.79 Å². The van der Waals surface area contributed by atoms with Crippen LogP contribution in [-0.4, -0.2) is 18.5 Å². The molecule has 3 N–H and O–H groups in total. The fourth-order valence-corrected chi connectivity index (χ4v) is 2.51. The van der Waals surface area contributed by atoms with Crippen molar-refractivity contribution in [3.63, 3.8) is 0 Å². The van der Waals surface area contributed by atoms with E-state index in [0.717, 1.165) is 17.2 Å². The first kappa shape index (κ1) is 14.5. The zero-order valence-corrected chi connectivity index (χ0v) is 11.8. The van der Waals surface area contributed by atoms with Gasteiger partial charge in [-0.05, 0) is 24.5 Å². The van der Waals surface area contributed by atoms with E-state index in [1.165, 1.54) is 4.88 Å². The van der Waals surface area contributed by atoms with Crippen molar-refractivity contribution in [1.29, 1.82) is 0 Å². The van der Waals surface area contributed by atoms with Gasteiger partial charge in [0.2, 0.25) is 5.91 Å². The lowest BCUT2D eigenvalue weighted by molar-refractivity contribution is -0.123. The number of hydrogen-bond acceptors (Lipinski definition) is 3. The quantitative estimate of drug-likeness (QED) is 0.837. The van der Waals surface area contributed by atoms with Crippen LogP contribution in [0.25, 0.3) is 0 Å². The summed E-state index contributed by atoms with van der Waals surface area (Å²) >= 11 is 7.37. The van der Waals surface area contributed by atoms with Crippen LogP contribution in [0.4, 0.5) is 0 Å². The van der Waals surface area contributed by atoms with E-state index >= 15 is 0 Å². The van der Waals surface area contributed by atoms with Crippen molar-refractivity contribution in [1.82, 2.24) is 5.32 Å². The maximum absolute atomic E-state index is 11.7. The number of amides is 1. The van der Waals surface area contributed by atoms with Gasteiger partial charge in [0.25, 0.3) is 0 Å². The topological polar surface area (TPSA) is 55.1 Å². The average molecular weight is 275 g/mol. The molecule has 3 nitrogen and oxygen atoms in total. The summed E-state index contributed by atoms with van der Waals surface area (Å²) in [5, 5.41) is 2.86. The molecule has 0 radical (unpaired) electrons. The Hall–Kier alpha value is -0.580. The molecule has 0 spiro atoms. The second-order valence-corrected chi connectivity index (χ2v) is 5.96. The molecule has 5 heteroatoms. The number of carbonyl (C=O) groups excluding carboxylic acids is 1. The van der Waals surface area contributed by atoms with Crippen LogP contribution in [0.5, 0.6) is 0 Å². The van der Waals surface area contributed by atoms with Gasteiger partial charge >= 0.3 is 0 Å². The highest BCUT2D eigenvalue weighted by Crippen LogP contribution is 2.21. The van der Waals surface area contributed by atoms with E-state index in [2.05, 4.69) is 5.32 Å². The molecule has 0 fully saturated rings. The Morgan fingerprint density at radius 3 is 2.82 bits per heavy atom. The molecular weight excluding hydrogens is 256 g/mol. The van der Waals surface area contributed by atoms with E-state index < -0.39 is 6.04 Å². The molecule has 0 aromatic carbocycles. The van der Waals surface area contributed by atoms with Crippen LogP contribution in [0.2, 0.25) is 4.34 Å². The monoisotopic (exact) mass is 274 g/mol. The summed E-state index contributed by atoms with van der Waals surface area (Å²) in [5.41, 5.74) is 5.82. The minimum atomic E-state index is -0.410. The van der Waals surface area contributed by atoms with Gasteiger partial charge in [0.1, 0.15) is 0 Å². The van der Waals surface area contributed by atoms with Crippen LogP contribution >= 0.6 is 22.9 Å². The number of halogens is 1. The highest BCUT2D eigenvalue weighted by atomic mass is 35.5. The molecule has 1 rings (SSSR count). The third-order valence-electron chi connectivity index (χ3n) is 2.86. The molecule has 1 heterocycles. The Kier molecular flexibility index (Phi) is 5.95. The van der Waals surface area contributed by atoms with Crippen LogP contribution in [0.3, 0.4) is 0 Å². The van der Waals surface area contributed by atoms with Gasteiger partial charge < -0.3 is 11.1 Å². The molecule has 0 unspecified atom stereocenters. The maximum atomic E-state index is 11.7. The van der Waals surface area contributed by atoms with Crippen molar-refractivity contribution in [2.75, 3.05) is 6.54 Å². The van der Waals surface area contributed by atoms with Crippen molar-refractivity contribution < 1.29 is 4.79 Å². The Morgan fingerprint density at radius 1 is 1.59 bits per heavy atom. The SMILES string of the molecule is CC[C@H](C)[C@H](N)C(=O)NCCc1ccc(Cl)s1. The van der Waals surface area contributed by atoms with E-state index in [0.29, 0.717) is 6.54 Å². The lowest BCUT2D eigenvalue weighted by Crippen LogP contribution is -2.45. The van der Waals surface area contributed by atoms with Crippen molar-refractivity contribution in [3.05, 3.63) is 21.3 Å². The average Bonchev–Trinajstić information content (AvgIpc) is 2.72. The van der Waals surface area contributed by atoms with E-state index in [-0.39, 0.29) is 11.8 Å². The molecule has 1 aromatic heterocycles. The van der Waals surface area contributed by atoms with Crippen LogP contribution in [0, 0.1) is 5.92 Å². The van der Waals surface area contributed by atoms with E-state index in [4.69, 9.17) is 17.3 Å². The number of thiophene rings is 1. The van der Waals surface area contributed by atoms with Crippen molar-refractivity contribution >= 4 is 28.8 Å². The predicted molar refractivity (Wildman–Crippen MR) is 73.5 cm³/mol. The van der Waals surface area contributed by atoms with Crippen LogP contribution < -0.4 is 11.1 Å². The summed E-state index contributed by atoms with van der Waals surface area (Å²) in [6, 6.07) is 3.44. The molecule has 0 aliphatic carbocycles. The van der Waals surface area contributed by atoms with Gasteiger partial charge in [0.15, 0.2) is 0 Å². The Morgan fingerprint density at radius 2 is 2.29 bits per heavy atom. The molecule has 0 bridgehead atoms. The first-order chi connectivity index (χ1) is 8.04. The summed E-state index contributed by atoms with van der Waals surface area (Å²) in [7, 11) is 0. The highest BCUT2D eigenvalue weighted by Gasteiger charge is 2.18. The Labute approximate surface area is 111 Å². The number of hydrogen-bond donors (Lipinski definition) is 2. The van der Waals surface area contributed by atoms with E-state index in [1.807, 2.05) is 26.0 Å². The minimum absolute atomic E-state index is 0.0676. The molecule has 1 aromatic rings. The van der Waals surface area contributed by atoms with Gasteiger partial charge in [-0.15, -0.1) is 11.3 Å². The van der Waals surface area contributed by atoms with E-state index in [1.54, 1.807) is 11.3 Å². The van der Waals surface area contributed by atoms with Crippen LogP contribution in [0.15, 0.2) is 12.1 Å². The normalized spacial score (nSPS) is 14.4. The predicted octanol–water partition coefficient (Wildman–Crippen LogP) is 2.43. The lowest BCUT2D eigenvalue weighted by Gasteiger charge is -2.17. The fourth-order valence-electron chi connectivity index (χ4n) is 1.43. The molecule has 0 saturated carbocycles. The summed E-state index contributed by atoms with van der Waals surface area (Å²) < 4.78 is 0.780. The fraction of sp³-hybridized carbons (Fsp3) is 0.583. The molecule has 0 aliphatic rings. The zero-order valence-electron chi connectivity index (χ0n) is 10.2. The number of nitrogens with one attached hydrogen (secondary N) is 1. The third kappa shape index (κ3) is 4.66. The van der Waals surface area contributed by atoms with Gasteiger partial charge in [0, 0.05) is 11.4 Å². The molecule has 0 saturated heterocycles. The summed E-state index contributed by atoms with van der Waals surface area (Å²) in [5.74, 6) is 0.146. The minimum Gasteiger partial charge on any atom is -0.354 e. The first-order valence-corrected chi connectivity index (χ1v) is 7.01. The van der Waals surface area contributed by atoms with Gasteiger partial charge in [0.05, 0.1) is 10.4 Å². The van der Waals surface area contributed by atoms with Crippen molar-refractivity contribution in [2.24, 2.45) is 11.7 Å². The maximum Gasteiger partial charge on any atom is 0.237 e. The second kappa shape index (κ2) is 6.99. The second-order valence-electron chi connectivity index (χ2n) is 4.16. The molecular formula is C12H19ClN2OS. The largest absolute Gasteiger partial charge is 0.354 e. The molecule has 1 amide bonds. The van der Waals surface area contributed by atoms with Crippen molar-refractivity contribution in [3.8, 4) is 0 Å². The molecule has 17 heavy (non-hydrogen) atoms. The standard InChI is InChI=1S/C12H19ClN2OS/c1-3-8(2)11(14)12(16)15-7-6-9-4-5-10(13)17-9/h4-5,8,11H,3,6-7,14H2,1-2H3,(H,15,16)/t8-,11-/m0/s1. The lowest BCUT2D eigenvalue weighted by atomic mass is 9.99. The summed E-state index contributed by atoms with van der Waals surface area (Å²) in [4.78, 5) is 12.9. The third-order valence-corrected chi connectivity index (χ3v) is 4.15. The number of carbonyl (C=O) groups is 1.